The van der Waals surface area contributed by atoms with Crippen molar-refractivity contribution in [2.24, 2.45) is 0 Å². The Bertz CT molecular complexity index is 1050. The summed E-state index contributed by atoms with van der Waals surface area (Å²) in [7, 11) is 1.60. The number of halogens is 3. The molecule has 2 aromatic heterocycles. The van der Waals surface area contributed by atoms with E-state index in [1.165, 1.54) is 11.3 Å². The molecule has 0 unspecified atom stereocenters. The van der Waals surface area contributed by atoms with Gasteiger partial charge in [-0.1, -0.05) is 0 Å². The minimum absolute atomic E-state index is 0.226. The third kappa shape index (κ3) is 6.62. The second kappa shape index (κ2) is 10.2. The zero-order chi connectivity index (χ0) is 23.2. The van der Waals surface area contributed by atoms with E-state index in [2.05, 4.69) is 15.3 Å². The second-order valence-corrected chi connectivity index (χ2v) is 7.09. The number of hydrogen-bond donors (Lipinski definition) is 2. The Balaban J connectivity index is 0.000000423. The van der Waals surface area contributed by atoms with E-state index in [4.69, 9.17) is 14.6 Å². The van der Waals surface area contributed by atoms with Crippen LogP contribution in [0.1, 0.15) is 26.9 Å². The number of carbonyl (C=O) groups is 2. The molecule has 1 amide bonds. The molecule has 0 saturated heterocycles. The van der Waals surface area contributed by atoms with Gasteiger partial charge in [-0.2, -0.15) is 13.2 Å². The number of carboxylic acids is 1. The molecule has 0 fully saturated rings. The number of amides is 1. The fourth-order valence-corrected chi connectivity index (χ4v) is 3.01. The zero-order valence-corrected chi connectivity index (χ0v) is 17.5. The van der Waals surface area contributed by atoms with E-state index >= 15 is 0 Å². The van der Waals surface area contributed by atoms with Crippen molar-refractivity contribution in [3.05, 3.63) is 58.1 Å². The van der Waals surface area contributed by atoms with Crippen molar-refractivity contribution in [1.82, 2.24) is 14.5 Å². The van der Waals surface area contributed by atoms with E-state index in [-0.39, 0.29) is 5.91 Å². The lowest BCUT2D eigenvalue weighted by Gasteiger charge is -2.08. The number of aryl methyl sites for hydroxylation is 1. The van der Waals surface area contributed by atoms with Gasteiger partial charge in [-0.05, 0) is 38.1 Å². The molecule has 1 aromatic carbocycles. The van der Waals surface area contributed by atoms with Crippen LogP contribution in [-0.4, -0.2) is 44.8 Å². The molecule has 0 aliphatic heterocycles. The fourth-order valence-electron chi connectivity index (χ4n) is 2.26. The van der Waals surface area contributed by atoms with Gasteiger partial charge in [-0.3, -0.25) is 4.79 Å². The van der Waals surface area contributed by atoms with Gasteiger partial charge >= 0.3 is 12.1 Å². The molecule has 0 saturated carbocycles. The molecule has 0 aliphatic carbocycles. The second-order valence-electron chi connectivity index (χ2n) is 6.15. The van der Waals surface area contributed by atoms with Gasteiger partial charge in [0.2, 0.25) is 0 Å². The van der Waals surface area contributed by atoms with Crippen LogP contribution >= 0.6 is 11.3 Å². The van der Waals surface area contributed by atoms with Crippen LogP contribution in [-0.2, 0) is 16.1 Å². The lowest BCUT2D eigenvalue weighted by molar-refractivity contribution is -0.192. The molecule has 0 spiro atoms. The molecule has 0 bridgehead atoms. The Kier molecular flexibility index (Phi) is 7.89. The monoisotopic (exact) mass is 456 g/mol. The summed E-state index contributed by atoms with van der Waals surface area (Å²) in [5.41, 5.74) is 4.22. The maximum Gasteiger partial charge on any atom is 0.490 e. The number of imidazole rings is 1. The Morgan fingerprint density at radius 2 is 1.84 bits per heavy atom. The molecule has 3 aromatic rings. The number of benzene rings is 1. The van der Waals surface area contributed by atoms with Crippen LogP contribution in [0.2, 0.25) is 0 Å². The van der Waals surface area contributed by atoms with Gasteiger partial charge in [0.1, 0.15) is 10.7 Å². The zero-order valence-electron chi connectivity index (χ0n) is 16.7. The largest absolute Gasteiger partial charge is 0.490 e. The smallest absolute Gasteiger partial charge is 0.475 e. The number of thiazole rings is 1. The molecule has 0 aliphatic rings. The van der Waals surface area contributed by atoms with Crippen molar-refractivity contribution < 1.29 is 32.6 Å². The van der Waals surface area contributed by atoms with Gasteiger partial charge < -0.3 is 19.7 Å². The Hall–Kier alpha value is -3.25. The van der Waals surface area contributed by atoms with Crippen molar-refractivity contribution in [3.8, 4) is 5.69 Å². The number of aromatic nitrogens is 3. The summed E-state index contributed by atoms with van der Waals surface area (Å²) in [4.78, 5) is 29.7. The number of nitrogens with one attached hydrogen (secondary N) is 1. The molecule has 12 heteroatoms. The van der Waals surface area contributed by atoms with Crippen molar-refractivity contribution in [2.45, 2.75) is 26.6 Å². The minimum Gasteiger partial charge on any atom is -0.475 e. The summed E-state index contributed by atoms with van der Waals surface area (Å²) in [6.45, 7) is 4.42. The third-order valence-corrected chi connectivity index (χ3v) is 4.77. The number of carboxylic acid groups (broad SMARTS) is 1. The number of methoxy groups -OCH3 is 1. The number of ether oxygens (including phenoxy) is 1. The van der Waals surface area contributed by atoms with E-state index < -0.39 is 12.1 Å². The van der Waals surface area contributed by atoms with E-state index in [0.29, 0.717) is 12.3 Å². The predicted molar refractivity (Wildman–Crippen MR) is 108 cm³/mol. The van der Waals surface area contributed by atoms with Crippen molar-refractivity contribution >= 4 is 28.9 Å². The lowest BCUT2D eigenvalue weighted by atomic mass is 10.2. The summed E-state index contributed by atoms with van der Waals surface area (Å²) in [6.07, 6.45) is -3.29. The number of aliphatic carboxylic acids is 1. The number of alkyl halides is 3. The number of nitrogens with zero attached hydrogens (tertiary/aromatic N) is 3. The van der Waals surface area contributed by atoms with Crippen molar-refractivity contribution in [2.75, 3.05) is 12.4 Å². The molecular formula is C19H19F3N4O4S. The summed E-state index contributed by atoms with van der Waals surface area (Å²) in [6, 6.07) is 7.62. The number of hydrogen-bond acceptors (Lipinski definition) is 6. The van der Waals surface area contributed by atoms with Crippen molar-refractivity contribution in [1.29, 1.82) is 0 Å². The highest BCUT2D eigenvalue weighted by Gasteiger charge is 2.38. The molecule has 2 heterocycles. The van der Waals surface area contributed by atoms with Crippen LogP contribution in [0.5, 0.6) is 0 Å². The quantitative estimate of drug-likeness (QED) is 0.602. The van der Waals surface area contributed by atoms with Gasteiger partial charge in [0, 0.05) is 29.6 Å². The summed E-state index contributed by atoms with van der Waals surface area (Å²) in [5, 5.41) is 12.5. The first-order valence-corrected chi connectivity index (χ1v) is 9.56. The highest BCUT2D eigenvalue weighted by atomic mass is 32.1. The summed E-state index contributed by atoms with van der Waals surface area (Å²) < 4.78 is 38.8. The topological polar surface area (TPSA) is 106 Å². The van der Waals surface area contributed by atoms with Crippen LogP contribution in [0.3, 0.4) is 0 Å². The minimum atomic E-state index is -5.08. The Labute approximate surface area is 179 Å². The first kappa shape index (κ1) is 24.0. The van der Waals surface area contributed by atoms with Crippen molar-refractivity contribution in [3.63, 3.8) is 0 Å². The first-order valence-electron chi connectivity index (χ1n) is 8.68. The van der Waals surface area contributed by atoms with Gasteiger partial charge in [0.05, 0.1) is 18.6 Å². The molecule has 0 atom stereocenters. The summed E-state index contributed by atoms with van der Waals surface area (Å²) >= 11 is 1.41. The SMILES string of the molecule is COCc1nc(C(=O)Nc2ccc(-n3cnc(C)c3C)cc2)cs1.O=C(O)C(F)(F)F. The van der Waals surface area contributed by atoms with Gasteiger partial charge in [-0.25, -0.2) is 14.8 Å². The average Bonchev–Trinajstić information content (AvgIpc) is 3.30. The lowest BCUT2D eigenvalue weighted by Crippen LogP contribution is -2.21. The molecule has 8 nitrogen and oxygen atoms in total. The van der Waals surface area contributed by atoms with Gasteiger partial charge in [0.25, 0.3) is 5.91 Å². The molecular weight excluding hydrogens is 437 g/mol. The highest BCUT2D eigenvalue weighted by molar-refractivity contribution is 7.09. The molecule has 0 radical (unpaired) electrons. The maximum absolute atomic E-state index is 12.2. The average molecular weight is 456 g/mol. The number of carbonyl (C=O) groups excluding carboxylic acids is 1. The Morgan fingerprint density at radius 3 is 2.32 bits per heavy atom. The van der Waals surface area contributed by atoms with Gasteiger partial charge in [0.15, 0.2) is 0 Å². The highest BCUT2D eigenvalue weighted by Crippen LogP contribution is 2.18. The van der Waals surface area contributed by atoms with Crippen LogP contribution < -0.4 is 5.32 Å². The number of anilines is 1. The molecule has 166 valence electrons. The fraction of sp³-hybridized carbons (Fsp3) is 0.263. The van der Waals surface area contributed by atoms with E-state index in [9.17, 15) is 18.0 Å². The van der Waals surface area contributed by atoms with Crippen LogP contribution in [0.15, 0.2) is 36.0 Å². The molecule has 2 N–H and O–H groups in total. The maximum atomic E-state index is 12.2. The first-order chi connectivity index (χ1) is 14.5. The summed E-state index contributed by atoms with van der Waals surface area (Å²) in [5.74, 6) is -2.98. The van der Waals surface area contributed by atoms with E-state index in [1.54, 1.807) is 18.8 Å². The normalized spacial score (nSPS) is 10.9. The van der Waals surface area contributed by atoms with Crippen LogP contribution in [0, 0.1) is 13.8 Å². The predicted octanol–water partition coefficient (Wildman–Crippen LogP) is 3.98. The van der Waals surface area contributed by atoms with Crippen LogP contribution in [0.25, 0.3) is 5.69 Å². The molecule has 31 heavy (non-hydrogen) atoms. The molecule has 3 rings (SSSR count). The third-order valence-electron chi connectivity index (χ3n) is 3.95. The standard InChI is InChI=1S/C17H18N4O2S.C2HF3O2/c1-11-12(2)21(10-18-11)14-6-4-13(5-7-14)19-17(22)15-9-24-16(20-15)8-23-3;3-2(4,5)1(6)7/h4-7,9-10H,8H2,1-3H3,(H,19,22);(H,6,7). The van der Waals surface area contributed by atoms with E-state index in [0.717, 1.165) is 27.8 Å². The van der Waals surface area contributed by atoms with Gasteiger partial charge in [-0.15, -0.1) is 11.3 Å². The number of rotatable bonds is 5. The van der Waals surface area contributed by atoms with Crippen LogP contribution in [0.4, 0.5) is 18.9 Å². The van der Waals surface area contributed by atoms with E-state index in [1.807, 2.05) is 42.7 Å². The Morgan fingerprint density at radius 1 is 1.23 bits per heavy atom.